The van der Waals surface area contributed by atoms with E-state index in [0.717, 1.165) is 18.7 Å². The van der Waals surface area contributed by atoms with Crippen molar-refractivity contribution in [2.45, 2.75) is 6.04 Å². The Morgan fingerprint density at radius 3 is 2.31 bits per heavy atom. The van der Waals surface area contributed by atoms with Gasteiger partial charge in [0.15, 0.2) is 0 Å². The topological polar surface area (TPSA) is 26.0 Å². The molecule has 0 radical (unpaired) electrons. The highest BCUT2D eigenvalue weighted by Gasteiger charge is 2.15. The largest absolute Gasteiger partial charge is 0.320 e. The van der Waals surface area contributed by atoms with Gasteiger partial charge in [0.25, 0.3) is 0 Å². The quantitative estimate of drug-likeness (QED) is 0.836. The number of benzene rings is 1. The molecule has 1 unspecified atom stereocenters. The lowest BCUT2D eigenvalue weighted by atomic mass is 10.0. The third-order valence-corrected chi connectivity index (χ3v) is 4.63. The molecule has 2 N–H and O–H groups in total. The Bertz CT molecular complexity index is 495. The number of hydrogen-bond acceptors (Lipinski definition) is 2. The monoisotopic (exact) mass is 363 g/mol. The normalized spacial score (nSPS) is 12.8. The molecule has 1 heterocycles. The van der Waals surface area contributed by atoms with Crippen LogP contribution in [0, 0.1) is 5.82 Å². The first-order valence-electron chi connectivity index (χ1n) is 4.53. The van der Waals surface area contributed by atoms with Gasteiger partial charge < -0.3 is 5.73 Å². The fraction of sp³-hybridized carbons (Fsp3) is 0.0909. The first-order chi connectivity index (χ1) is 7.58. The molecule has 1 aromatic heterocycles. The van der Waals surface area contributed by atoms with E-state index >= 15 is 0 Å². The second-order valence-electron chi connectivity index (χ2n) is 3.31. The predicted octanol–water partition coefficient (Wildman–Crippen LogP) is 4.46. The lowest BCUT2D eigenvalue weighted by Crippen LogP contribution is -2.11. The zero-order valence-electron chi connectivity index (χ0n) is 8.08. The van der Waals surface area contributed by atoms with Gasteiger partial charge in [0.1, 0.15) is 5.82 Å². The molecule has 0 saturated carbocycles. The summed E-state index contributed by atoms with van der Waals surface area (Å²) in [6, 6.07) is 7.99. The van der Waals surface area contributed by atoms with Gasteiger partial charge in [-0.15, -0.1) is 11.3 Å². The van der Waals surface area contributed by atoms with Crippen LogP contribution in [-0.2, 0) is 0 Å². The van der Waals surface area contributed by atoms with Crippen molar-refractivity contribution >= 4 is 43.2 Å². The summed E-state index contributed by atoms with van der Waals surface area (Å²) in [5.74, 6) is -0.249. The van der Waals surface area contributed by atoms with Gasteiger partial charge in [0.2, 0.25) is 0 Å². The third-order valence-electron chi connectivity index (χ3n) is 2.25. The highest BCUT2D eigenvalue weighted by atomic mass is 79.9. The van der Waals surface area contributed by atoms with E-state index in [1.165, 1.54) is 12.1 Å². The van der Waals surface area contributed by atoms with Gasteiger partial charge in [-0.25, -0.2) is 4.39 Å². The summed E-state index contributed by atoms with van der Waals surface area (Å²) in [6.07, 6.45) is 0. The molecule has 16 heavy (non-hydrogen) atoms. The second kappa shape index (κ2) is 4.96. The molecule has 0 aliphatic carbocycles. The summed E-state index contributed by atoms with van der Waals surface area (Å²) in [5.41, 5.74) is 8.01. The van der Waals surface area contributed by atoms with Crippen LogP contribution in [0.25, 0.3) is 0 Å². The number of thiophene rings is 1. The van der Waals surface area contributed by atoms with Gasteiger partial charge in [0, 0.05) is 0 Å². The zero-order valence-corrected chi connectivity index (χ0v) is 12.1. The van der Waals surface area contributed by atoms with E-state index in [4.69, 9.17) is 5.73 Å². The average Bonchev–Trinajstić information content (AvgIpc) is 2.58. The molecule has 0 aliphatic heterocycles. The Morgan fingerprint density at radius 1 is 1.19 bits per heavy atom. The molecule has 84 valence electrons. The summed E-state index contributed by atoms with van der Waals surface area (Å²) < 4.78 is 14.8. The van der Waals surface area contributed by atoms with E-state index in [2.05, 4.69) is 31.9 Å². The molecule has 0 spiro atoms. The molecule has 0 aliphatic rings. The maximum Gasteiger partial charge on any atom is 0.123 e. The molecule has 5 heteroatoms. The van der Waals surface area contributed by atoms with Crippen LogP contribution in [0.3, 0.4) is 0 Å². The van der Waals surface area contributed by atoms with Crippen LogP contribution in [0.15, 0.2) is 37.9 Å². The van der Waals surface area contributed by atoms with Crippen molar-refractivity contribution in [3.8, 4) is 0 Å². The fourth-order valence-corrected chi connectivity index (χ4v) is 4.34. The SMILES string of the molecule is NC(c1ccc(F)cc1)c1cc(Br)sc1Br. The number of nitrogens with two attached hydrogens (primary N) is 1. The predicted molar refractivity (Wildman–Crippen MR) is 72.1 cm³/mol. The Morgan fingerprint density at radius 2 is 1.81 bits per heavy atom. The smallest absolute Gasteiger partial charge is 0.123 e. The van der Waals surface area contributed by atoms with Crippen molar-refractivity contribution in [1.29, 1.82) is 0 Å². The average molecular weight is 365 g/mol. The minimum absolute atomic E-state index is 0.238. The van der Waals surface area contributed by atoms with Crippen LogP contribution < -0.4 is 5.73 Å². The van der Waals surface area contributed by atoms with Crippen LogP contribution >= 0.6 is 43.2 Å². The van der Waals surface area contributed by atoms with E-state index in [-0.39, 0.29) is 11.9 Å². The zero-order chi connectivity index (χ0) is 11.7. The molecule has 1 aromatic carbocycles. The van der Waals surface area contributed by atoms with Gasteiger partial charge in [-0.05, 0) is 61.2 Å². The van der Waals surface area contributed by atoms with Crippen molar-refractivity contribution in [1.82, 2.24) is 0 Å². The maximum absolute atomic E-state index is 12.8. The van der Waals surface area contributed by atoms with Crippen LogP contribution in [0.5, 0.6) is 0 Å². The highest BCUT2D eigenvalue weighted by molar-refractivity contribution is 9.12. The van der Waals surface area contributed by atoms with Gasteiger partial charge in [-0.1, -0.05) is 12.1 Å². The van der Waals surface area contributed by atoms with Crippen LogP contribution in [0.4, 0.5) is 4.39 Å². The van der Waals surface area contributed by atoms with Crippen LogP contribution in [0.2, 0.25) is 0 Å². The van der Waals surface area contributed by atoms with Gasteiger partial charge in [0.05, 0.1) is 13.6 Å². The third kappa shape index (κ3) is 2.53. The van der Waals surface area contributed by atoms with E-state index in [9.17, 15) is 4.39 Å². The van der Waals surface area contributed by atoms with Crippen LogP contribution in [-0.4, -0.2) is 0 Å². The van der Waals surface area contributed by atoms with Crippen molar-refractivity contribution in [3.05, 3.63) is 54.8 Å². The highest BCUT2D eigenvalue weighted by Crippen LogP contribution is 2.36. The Kier molecular flexibility index (Phi) is 3.79. The van der Waals surface area contributed by atoms with Crippen molar-refractivity contribution in [2.75, 3.05) is 0 Å². The van der Waals surface area contributed by atoms with E-state index in [1.54, 1.807) is 23.5 Å². The molecule has 0 amide bonds. The van der Waals surface area contributed by atoms with E-state index in [1.807, 2.05) is 6.07 Å². The summed E-state index contributed by atoms with van der Waals surface area (Å²) in [6.45, 7) is 0. The number of halogens is 3. The minimum Gasteiger partial charge on any atom is -0.320 e. The summed E-state index contributed by atoms with van der Waals surface area (Å²) >= 11 is 8.45. The number of hydrogen-bond donors (Lipinski definition) is 1. The standard InChI is InChI=1S/C11H8Br2FNS/c12-9-5-8(11(13)16-9)10(15)6-1-3-7(14)4-2-6/h1-5,10H,15H2. The lowest BCUT2D eigenvalue weighted by Gasteiger charge is -2.11. The van der Waals surface area contributed by atoms with E-state index in [0.29, 0.717) is 0 Å². The molecule has 0 saturated heterocycles. The molecule has 2 rings (SSSR count). The number of rotatable bonds is 2. The fourth-order valence-electron chi connectivity index (χ4n) is 1.41. The summed E-state index contributed by atoms with van der Waals surface area (Å²) in [4.78, 5) is 0. The summed E-state index contributed by atoms with van der Waals surface area (Å²) in [5, 5.41) is 0. The second-order valence-corrected chi connectivity index (χ2v) is 7.06. The lowest BCUT2D eigenvalue weighted by molar-refractivity contribution is 0.626. The Balaban J connectivity index is 2.35. The summed E-state index contributed by atoms with van der Waals surface area (Å²) in [7, 11) is 0. The Hall–Kier alpha value is -0.230. The Labute approximate surface area is 114 Å². The van der Waals surface area contributed by atoms with Gasteiger partial charge in [-0.2, -0.15) is 0 Å². The minimum atomic E-state index is -0.249. The molecule has 0 bridgehead atoms. The molecule has 2 aromatic rings. The van der Waals surface area contributed by atoms with E-state index < -0.39 is 0 Å². The molecule has 0 fully saturated rings. The van der Waals surface area contributed by atoms with Crippen molar-refractivity contribution in [3.63, 3.8) is 0 Å². The molecule has 1 atom stereocenters. The molecule has 1 nitrogen and oxygen atoms in total. The maximum atomic E-state index is 12.8. The van der Waals surface area contributed by atoms with Crippen molar-refractivity contribution < 1.29 is 4.39 Å². The van der Waals surface area contributed by atoms with Crippen LogP contribution in [0.1, 0.15) is 17.2 Å². The first-order valence-corrected chi connectivity index (χ1v) is 6.94. The molecular weight excluding hydrogens is 357 g/mol. The first kappa shape index (κ1) is 12.2. The van der Waals surface area contributed by atoms with Gasteiger partial charge >= 0.3 is 0 Å². The van der Waals surface area contributed by atoms with Crippen molar-refractivity contribution in [2.24, 2.45) is 5.73 Å². The van der Waals surface area contributed by atoms with Gasteiger partial charge in [-0.3, -0.25) is 0 Å². The molecular formula is C11H8Br2FNS.